The molecule has 0 saturated heterocycles. The lowest BCUT2D eigenvalue weighted by atomic mass is 10.2. The van der Waals surface area contributed by atoms with Gasteiger partial charge in [0.15, 0.2) is 0 Å². The van der Waals surface area contributed by atoms with Crippen molar-refractivity contribution in [2.45, 2.75) is 0 Å². The third-order valence-electron chi connectivity index (χ3n) is 2.02. The fraction of sp³-hybridized carbons (Fsp3) is 0.273. The Balaban J connectivity index is 2.98. The Morgan fingerprint density at radius 3 is 2.88 bits per heavy atom. The zero-order valence-electron chi connectivity index (χ0n) is 9.97. The van der Waals surface area contributed by atoms with Crippen molar-refractivity contribution in [1.82, 2.24) is 9.97 Å². The minimum atomic E-state index is 0.344. The minimum Gasteiger partial charge on any atom is -0.404 e. The van der Waals surface area contributed by atoms with Crippen LogP contribution in [0.3, 0.4) is 0 Å². The highest BCUT2D eigenvalue weighted by Gasteiger charge is 2.03. The molecule has 0 fully saturated rings. The molecule has 5 N–H and O–H groups in total. The number of nitrogens with one attached hydrogen (secondary N) is 1. The molecule has 1 aromatic rings. The van der Waals surface area contributed by atoms with E-state index in [1.807, 2.05) is 0 Å². The van der Waals surface area contributed by atoms with Crippen LogP contribution >= 0.6 is 0 Å². The molecule has 0 amide bonds. The van der Waals surface area contributed by atoms with Crippen molar-refractivity contribution < 1.29 is 4.74 Å². The molecule has 0 spiro atoms. The Kier molecular flexibility index (Phi) is 4.96. The summed E-state index contributed by atoms with van der Waals surface area (Å²) in [4.78, 5) is 8.37. The molecule has 1 aromatic heterocycles. The molecule has 0 aliphatic carbocycles. The summed E-state index contributed by atoms with van der Waals surface area (Å²) in [6.07, 6.45) is 6.40. The van der Waals surface area contributed by atoms with Crippen molar-refractivity contribution >= 4 is 11.4 Å². The van der Waals surface area contributed by atoms with Crippen LogP contribution in [-0.4, -0.2) is 30.7 Å². The topological polar surface area (TPSA) is 99.1 Å². The maximum atomic E-state index is 5.74. The summed E-state index contributed by atoms with van der Waals surface area (Å²) in [5.41, 5.74) is 13.2. The fourth-order valence-corrected chi connectivity index (χ4v) is 1.24. The maximum absolute atomic E-state index is 5.74. The zero-order valence-corrected chi connectivity index (χ0v) is 9.97. The molecule has 1 heterocycles. The van der Waals surface area contributed by atoms with Gasteiger partial charge in [0, 0.05) is 31.6 Å². The molecule has 0 radical (unpaired) electrons. The molecule has 17 heavy (non-hydrogen) atoms. The number of methoxy groups -OCH3 is 1. The Hall–Kier alpha value is -2.08. The highest BCUT2D eigenvalue weighted by atomic mass is 16.5. The highest BCUT2D eigenvalue weighted by molar-refractivity contribution is 5.72. The van der Waals surface area contributed by atoms with Crippen LogP contribution < -0.4 is 16.8 Å². The van der Waals surface area contributed by atoms with Gasteiger partial charge in [-0.15, -0.1) is 0 Å². The van der Waals surface area contributed by atoms with Crippen molar-refractivity contribution in [3.05, 3.63) is 36.1 Å². The molecule has 0 aromatic carbocycles. The molecule has 6 heteroatoms. The summed E-state index contributed by atoms with van der Waals surface area (Å²) in [6, 6.07) is 0. The SMILES string of the molecule is CNc1cncc(C(/C=C(/N)COC)=C/N)n1. The third-order valence-corrected chi connectivity index (χ3v) is 2.02. The Labute approximate surface area is 100 Å². The van der Waals surface area contributed by atoms with E-state index in [0.717, 1.165) is 0 Å². The van der Waals surface area contributed by atoms with E-state index in [-0.39, 0.29) is 0 Å². The lowest BCUT2D eigenvalue weighted by Crippen LogP contribution is -2.06. The largest absolute Gasteiger partial charge is 0.404 e. The van der Waals surface area contributed by atoms with Gasteiger partial charge in [0.05, 0.1) is 24.7 Å². The number of hydrogen-bond donors (Lipinski definition) is 3. The first kappa shape index (κ1) is 13.0. The van der Waals surface area contributed by atoms with Crippen molar-refractivity contribution in [2.24, 2.45) is 11.5 Å². The summed E-state index contributed by atoms with van der Waals surface area (Å²) in [5, 5.41) is 2.91. The third kappa shape index (κ3) is 3.76. The average Bonchev–Trinajstić information content (AvgIpc) is 2.36. The van der Waals surface area contributed by atoms with Crippen LogP contribution in [0.15, 0.2) is 30.4 Å². The number of nitrogens with two attached hydrogens (primary N) is 2. The molecule has 0 saturated carbocycles. The molecular formula is C11H17N5O. The molecule has 92 valence electrons. The summed E-state index contributed by atoms with van der Waals surface area (Å²) >= 11 is 0. The van der Waals surface area contributed by atoms with E-state index in [1.54, 1.807) is 32.6 Å². The first-order chi connectivity index (χ1) is 8.21. The van der Waals surface area contributed by atoms with Gasteiger partial charge >= 0.3 is 0 Å². The second kappa shape index (κ2) is 6.49. The predicted octanol–water partition coefficient (Wildman–Crippen LogP) is 0.307. The van der Waals surface area contributed by atoms with Crippen LogP contribution in [0.1, 0.15) is 5.69 Å². The molecule has 0 unspecified atom stereocenters. The quantitative estimate of drug-likeness (QED) is 0.635. The van der Waals surface area contributed by atoms with Crippen molar-refractivity contribution in [2.75, 3.05) is 26.1 Å². The van der Waals surface area contributed by atoms with Gasteiger partial charge in [-0.2, -0.15) is 0 Å². The number of anilines is 1. The molecule has 0 aliphatic rings. The molecule has 1 rings (SSSR count). The second-order valence-electron chi connectivity index (χ2n) is 3.31. The summed E-state index contributed by atoms with van der Waals surface area (Å²) in [5.74, 6) is 0.667. The van der Waals surface area contributed by atoms with Crippen LogP contribution in [0.2, 0.25) is 0 Å². The Morgan fingerprint density at radius 2 is 2.29 bits per heavy atom. The standard InChI is InChI=1S/C11H17N5O/c1-14-11-6-15-5-10(16-11)8(4-12)3-9(13)7-17-2/h3-6H,7,12-13H2,1-2H3,(H,14,16)/b8-4+,9-3+. The molecule has 0 aliphatic heterocycles. The monoisotopic (exact) mass is 235 g/mol. The summed E-state index contributed by atoms with van der Waals surface area (Å²) in [6.45, 7) is 0.344. The summed E-state index contributed by atoms with van der Waals surface area (Å²) < 4.78 is 4.92. The van der Waals surface area contributed by atoms with E-state index < -0.39 is 0 Å². The van der Waals surface area contributed by atoms with E-state index in [1.165, 1.54) is 6.20 Å². The lowest BCUT2D eigenvalue weighted by Gasteiger charge is -2.05. The van der Waals surface area contributed by atoms with Crippen molar-refractivity contribution in [3.8, 4) is 0 Å². The molecule has 6 nitrogen and oxygen atoms in total. The molecule has 0 bridgehead atoms. The van der Waals surface area contributed by atoms with Crippen LogP contribution in [0.25, 0.3) is 5.57 Å². The van der Waals surface area contributed by atoms with Gasteiger partial charge in [0.2, 0.25) is 0 Å². The van der Waals surface area contributed by atoms with Crippen LogP contribution in [0, 0.1) is 0 Å². The van der Waals surface area contributed by atoms with Gasteiger partial charge in [-0.1, -0.05) is 0 Å². The predicted molar refractivity (Wildman–Crippen MR) is 67.9 cm³/mol. The Bertz CT molecular complexity index is 428. The van der Waals surface area contributed by atoms with E-state index in [2.05, 4.69) is 15.3 Å². The maximum Gasteiger partial charge on any atom is 0.144 e. The number of nitrogens with zero attached hydrogens (tertiary/aromatic N) is 2. The number of rotatable bonds is 5. The fourth-order valence-electron chi connectivity index (χ4n) is 1.24. The van der Waals surface area contributed by atoms with E-state index in [4.69, 9.17) is 16.2 Å². The van der Waals surface area contributed by atoms with Gasteiger partial charge in [-0.25, -0.2) is 4.98 Å². The van der Waals surface area contributed by atoms with E-state index in [9.17, 15) is 0 Å². The Morgan fingerprint density at radius 1 is 1.53 bits per heavy atom. The van der Waals surface area contributed by atoms with E-state index >= 15 is 0 Å². The van der Waals surface area contributed by atoms with Gasteiger partial charge in [0.25, 0.3) is 0 Å². The second-order valence-corrected chi connectivity index (χ2v) is 3.31. The number of aromatic nitrogens is 2. The number of ether oxygens (including phenoxy) is 1. The van der Waals surface area contributed by atoms with Crippen molar-refractivity contribution in [3.63, 3.8) is 0 Å². The van der Waals surface area contributed by atoms with Crippen LogP contribution in [0.5, 0.6) is 0 Å². The first-order valence-electron chi connectivity index (χ1n) is 5.08. The van der Waals surface area contributed by atoms with Crippen LogP contribution in [-0.2, 0) is 4.74 Å². The number of allylic oxidation sites excluding steroid dienone is 2. The lowest BCUT2D eigenvalue weighted by molar-refractivity contribution is 0.225. The minimum absolute atomic E-state index is 0.344. The average molecular weight is 235 g/mol. The zero-order chi connectivity index (χ0) is 12.7. The molecular weight excluding hydrogens is 218 g/mol. The smallest absolute Gasteiger partial charge is 0.144 e. The van der Waals surface area contributed by atoms with Gasteiger partial charge in [-0.3, -0.25) is 4.98 Å². The normalized spacial score (nSPS) is 12.6. The highest BCUT2D eigenvalue weighted by Crippen LogP contribution is 2.14. The van der Waals surface area contributed by atoms with E-state index in [0.29, 0.717) is 29.4 Å². The molecule has 0 atom stereocenters. The first-order valence-corrected chi connectivity index (χ1v) is 5.08. The van der Waals surface area contributed by atoms with Gasteiger partial charge < -0.3 is 21.5 Å². The number of hydrogen-bond acceptors (Lipinski definition) is 6. The van der Waals surface area contributed by atoms with Crippen molar-refractivity contribution in [1.29, 1.82) is 0 Å². The summed E-state index contributed by atoms with van der Waals surface area (Å²) in [7, 11) is 3.35. The van der Waals surface area contributed by atoms with Gasteiger partial charge in [0.1, 0.15) is 5.82 Å². The van der Waals surface area contributed by atoms with Crippen LogP contribution in [0.4, 0.5) is 5.82 Å². The van der Waals surface area contributed by atoms with Gasteiger partial charge in [-0.05, 0) is 6.08 Å².